The minimum atomic E-state index is -4.76. The van der Waals surface area contributed by atoms with Gasteiger partial charge >= 0.3 is 6.18 Å². The van der Waals surface area contributed by atoms with Gasteiger partial charge in [0.25, 0.3) is 17.5 Å². The number of nitro groups is 1. The summed E-state index contributed by atoms with van der Waals surface area (Å²) in [6.07, 6.45) is -4.76. The topological polar surface area (TPSA) is 89.7 Å². The van der Waals surface area contributed by atoms with Crippen LogP contribution in [0.2, 0.25) is 0 Å². The second-order valence-corrected chi connectivity index (χ2v) is 6.52. The molecule has 0 unspecified atom stereocenters. The summed E-state index contributed by atoms with van der Waals surface area (Å²) in [7, 11) is 0. The molecule has 10 heteroatoms. The van der Waals surface area contributed by atoms with Crippen molar-refractivity contribution in [1.82, 2.24) is 0 Å². The molecule has 0 atom stereocenters. The van der Waals surface area contributed by atoms with E-state index < -0.39 is 34.2 Å². The number of imide groups is 1. The van der Waals surface area contributed by atoms with Crippen molar-refractivity contribution < 1.29 is 32.4 Å². The van der Waals surface area contributed by atoms with E-state index in [0.29, 0.717) is 4.90 Å². The molecule has 31 heavy (non-hydrogen) atoms. The van der Waals surface area contributed by atoms with Crippen LogP contribution in [0.4, 0.5) is 24.5 Å². The zero-order valence-corrected chi connectivity index (χ0v) is 15.4. The van der Waals surface area contributed by atoms with Crippen molar-refractivity contribution in [2.75, 3.05) is 4.90 Å². The number of para-hydroxylation sites is 1. The van der Waals surface area contributed by atoms with Crippen LogP contribution < -0.4 is 9.64 Å². The quantitative estimate of drug-likeness (QED) is 0.323. The van der Waals surface area contributed by atoms with Crippen molar-refractivity contribution in [3.8, 4) is 11.5 Å². The molecule has 0 N–H and O–H groups in total. The van der Waals surface area contributed by atoms with E-state index in [1.807, 2.05) is 0 Å². The first-order valence-corrected chi connectivity index (χ1v) is 8.78. The van der Waals surface area contributed by atoms with Crippen LogP contribution in [0.3, 0.4) is 0 Å². The highest BCUT2D eigenvalue weighted by Gasteiger charge is 2.42. The molecular formula is C21H11F3N2O5. The normalized spacial score (nSPS) is 13.3. The van der Waals surface area contributed by atoms with Crippen LogP contribution >= 0.6 is 0 Å². The Kier molecular flexibility index (Phi) is 4.69. The van der Waals surface area contributed by atoms with Gasteiger partial charge in [0.15, 0.2) is 0 Å². The number of non-ortho nitro benzene ring substituents is 1. The van der Waals surface area contributed by atoms with Gasteiger partial charge in [-0.05, 0) is 36.4 Å². The van der Waals surface area contributed by atoms with Crippen LogP contribution in [-0.4, -0.2) is 16.7 Å². The van der Waals surface area contributed by atoms with Crippen LogP contribution in [0.5, 0.6) is 11.5 Å². The van der Waals surface area contributed by atoms with Crippen molar-refractivity contribution in [2.24, 2.45) is 0 Å². The average molecular weight is 428 g/mol. The lowest BCUT2D eigenvalue weighted by molar-refractivity contribution is -0.384. The monoisotopic (exact) mass is 428 g/mol. The Morgan fingerprint density at radius 3 is 2.23 bits per heavy atom. The van der Waals surface area contributed by atoms with Gasteiger partial charge in [0.05, 0.1) is 33.4 Å². The molecule has 4 rings (SSSR count). The first kappa shape index (κ1) is 20.1. The van der Waals surface area contributed by atoms with Gasteiger partial charge in [0, 0.05) is 6.07 Å². The van der Waals surface area contributed by atoms with Gasteiger partial charge in [-0.3, -0.25) is 19.7 Å². The highest BCUT2D eigenvalue weighted by atomic mass is 19.4. The van der Waals surface area contributed by atoms with Gasteiger partial charge in [0.2, 0.25) is 0 Å². The summed E-state index contributed by atoms with van der Waals surface area (Å²) in [5.74, 6) is -1.61. The number of carbonyl (C=O) groups is 2. The van der Waals surface area contributed by atoms with E-state index in [0.717, 1.165) is 18.2 Å². The second kappa shape index (κ2) is 7.24. The smallest absolute Gasteiger partial charge is 0.418 e. The summed E-state index contributed by atoms with van der Waals surface area (Å²) in [6.45, 7) is 0. The largest absolute Gasteiger partial charge is 0.457 e. The average Bonchev–Trinajstić information content (AvgIpc) is 2.97. The number of fused-ring (bicyclic) bond motifs is 1. The lowest BCUT2D eigenvalue weighted by Crippen LogP contribution is -2.31. The predicted molar refractivity (Wildman–Crippen MR) is 102 cm³/mol. The lowest BCUT2D eigenvalue weighted by atomic mass is 10.1. The molecule has 0 radical (unpaired) electrons. The number of benzene rings is 3. The van der Waals surface area contributed by atoms with Crippen molar-refractivity contribution in [1.29, 1.82) is 0 Å². The maximum absolute atomic E-state index is 13.4. The van der Waals surface area contributed by atoms with E-state index in [4.69, 9.17) is 4.74 Å². The van der Waals surface area contributed by atoms with Crippen LogP contribution in [0.25, 0.3) is 0 Å². The standard InChI is InChI=1S/C21H11F3N2O5/c22-21(23,24)17-6-1-2-7-18(17)25-19(27)15-9-8-14(11-16(15)20(25)28)31-13-5-3-4-12(10-13)26(29)30/h1-11H. The molecule has 3 aromatic carbocycles. The van der Waals surface area contributed by atoms with Gasteiger partial charge in [-0.1, -0.05) is 18.2 Å². The van der Waals surface area contributed by atoms with E-state index in [9.17, 15) is 32.9 Å². The first-order chi connectivity index (χ1) is 14.7. The van der Waals surface area contributed by atoms with Crippen molar-refractivity contribution in [2.45, 2.75) is 6.18 Å². The highest BCUT2D eigenvalue weighted by Crippen LogP contribution is 2.40. The third kappa shape index (κ3) is 3.59. The molecule has 0 spiro atoms. The minimum absolute atomic E-state index is 0.0756. The fourth-order valence-electron chi connectivity index (χ4n) is 3.21. The molecule has 0 saturated heterocycles. The van der Waals surface area contributed by atoms with E-state index in [2.05, 4.69) is 0 Å². The number of carbonyl (C=O) groups excluding carboxylic acids is 2. The Labute approximate surface area is 172 Å². The minimum Gasteiger partial charge on any atom is -0.457 e. The molecule has 3 aromatic rings. The molecule has 1 heterocycles. The predicted octanol–water partition coefficient (Wildman–Crippen LogP) is 5.21. The molecule has 0 aromatic heterocycles. The molecule has 7 nitrogen and oxygen atoms in total. The number of amides is 2. The van der Waals surface area contributed by atoms with Crippen molar-refractivity contribution in [3.05, 3.63) is 93.5 Å². The number of halogens is 3. The Morgan fingerprint density at radius 2 is 1.52 bits per heavy atom. The van der Waals surface area contributed by atoms with Crippen LogP contribution in [0.1, 0.15) is 26.3 Å². The summed E-state index contributed by atoms with van der Waals surface area (Å²) in [6, 6.07) is 13.4. The van der Waals surface area contributed by atoms with Crippen molar-refractivity contribution in [3.63, 3.8) is 0 Å². The number of rotatable bonds is 4. The van der Waals surface area contributed by atoms with Crippen LogP contribution in [0, 0.1) is 10.1 Å². The maximum Gasteiger partial charge on any atom is 0.418 e. The fourth-order valence-corrected chi connectivity index (χ4v) is 3.21. The first-order valence-electron chi connectivity index (χ1n) is 8.78. The molecule has 156 valence electrons. The van der Waals surface area contributed by atoms with Crippen LogP contribution in [-0.2, 0) is 6.18 Å². The zero-order chi connectivity index (χ0) is 22.3. The molecular weight excluding hydrogens is 417 g/mol. The zero-order valence-electron chi connectivity index (χ0n) is 15.4. The van der Waals surface area contributed by atoms with E-state index in [1.54, 1.807) is 0 Å². The molecule has 1 aliphatic rings. The Morgan fingerprint density at radius 1 is 0.839 bits per heavy atom. The molecule has 0 aliphatic carbocycles. The Balaban J connectivity index is 1.69. The number of alkyl halides is 3. The third-order valence-corrected chi connectivity index (χ3v) is 4.57. The number of anilines is 1. The van der Waals surface area contributed by atoms with Gasteiger partial charge in [0.1, 0.15) is 11.5 Å². The van der Waals surface area contributed by atoms with Gasteiger partial charge < -0.3 is 4.74 Å². The summed E-state index contributed by atoms with van der Waals surface area (Å²) in [5, 5.41) is 10.9. The lowest BCUT2D eigenvalue weighted by Gasteiger charge is -2.19. The number of nitro benzene ring substituents is 1. The summed E-state index contributed by atoms with van der Waals surface area (Å²) >= 11 is 0. The van der Waals surface area contributed by atoms with E-state index in [-0.39, 0.29) is 28.3 Å². The number of hydrogen-bond donors (Lipinski definition) is 0. The van der Waals surface area contributed by atoms with Crippen LogP contribution in [0.15, 0.2) is 66.7 Å². The molecule has 0 bridgehead atoms. The number of ether oxygens (including phenoxy) is 1. The molecule has 2 amide bonds. The Hall–Kier alpha value is -4.21. The molecule has 0 saturated carbocycles. The number of hydrogen-bond acceptors (Lipinski definition) is 5. The fraction of sp³-hybridized carbons (Fsp3) is 0.0476. The highest BCUT2D eigenvalue weighted by molar-refractivity contribution is 6.34. The summed E-state index contributed by atoms with van der Waals surface area (Å²) < 4.78 is 45.6. The SMILES string of the molecule is O=C1c2ccc(Oc3cccc([N+](=O)[O-])c3)cc2C(=O)N1c1ccccc1C(F)(F)F. The van der Waals surface area contributed by atoms with Gasteiger partial charge in [-0.15, -0.1) is 0 Å². The van der Waals surface area contributed by atoms with E-state index in [1.165, 1.54) is 48.5 Å². The Bertz CT molecular complexity index is 1240. The van der Waals surface area contributed by atoms with Gasteiger partial charge in [-0.2, -0.15) is 13.2 Å². The summed E-state index contributed by atoms with van der Waals surface area (Å²) in [4.78, 5) is 36.3. The third-order valence-electron chi connectivity index (χ3n) is 4.57. The molecule has 1 aliphatic heterocycles. The number of nitrogens with zero attached hydrogens (tertiary/aromatic N) is 2. The molecule has 0 fully saturated rings. The maximum atomic E-state index is 13.4. The van der Waals surface area contributed by atoms with Gasteiger partial charge in [-0.25, -0.2) is 4.90 Å². The van der Waals surface area contributed by atoms with Crippen molar-refractivity contribution >= 4 is 23.2 Å². The summed E-state index contributed by atoms with van der Waals surface area (Å²) in [5.41, 5.74) is -2.10. The second-order valence-electron chi connectivity index (χ2n) is 6.52. The van der Waals surface area contributed by atoms with E-state index >= 15 is 0 Å².